The van der Waals surface area contributed by atoms with Gasteiger partial charge in [0.15, 0.2) is 0 Å². The Morgan fingerprint density at radius 3 is 2.67 bits per heavy atom. The maximum atomic E-state index is 12.6. The van der Waals surface area contributed by atoms with E-state index in [-0.39, 0.29) is 5.91 Å². The van der Waals surface area contributed by atoms with Gasteiger partial charge >= 0.3 is 0 Å². The summed E-state index contributed by atoms with van der Waals surface area (Å²) in [6.45, 7) is 4.58. The van der Waals surface area contributed by atoms with E-state index in [1.54, 1.807) is 23.1 Å². The molecular weight excluding hydrogens is 340 g/mol. The summed E-state index contributed by atoms with van der Waals surface area (Å²) in [5.74, 6) is 1.57. The molecule has 1 fully saturated rings. The van der Waals surface area contributed by atoms with Gasteiger partial charge in [-0.25, -0.2) is 4.98 Å². The first-order chi connectivity index (χ1) is 13.1. The van der Waals surface area contributed by atoms with Crippen LogP contribution < -0.4 is 0 Å². The highest BCUT2D eigenvalue weighted by molar-refractivity contribution is 5.92. The van der Waals surface area contributed by atoms with Crippen molar-refractivity contribution in [3.05, 3.63) is 54.4 Å². The molecule has 0 aliphatic carbocycles. The predicted octanol–water partition coefficient (Wildman–Crippen LogP) is 2.54. The monoisotopic (exact) mass is 364 g/mol. The summed E-state index contributed by atoms with van der Waals surface area (Å²) < 4.78 is 3.92. The molecule has 0 radical (unpaired) electrons. The van der Waals surface area contributed by atoms with Gasteiger partial charge in [-0.3, -0.25) is 14.5 Å². The predicted molar refractivity (Wildman–Crippen MR) is 102 cm³/mol. The summed E-state index contributed by atoms with van der Waals surface area (Å²) in [5.41, 5.74) is 2.84. The third-order valence-corrected chi connectivity index (χ3v) is 5.36. The van der Waals surface area contributed by atoms with Crippen LogP contribution in [0, 0.1) is 12.8 Å². The van der Waals surface area contributed by atoms with Gasteiger partial charge in [0.05, 0.1) is 0 Å². The van der Waals surface area contributed by atoms with Gasteiger partial charge in [-0.1, -0.05) is 0 Å². The molecule has 0 spiro atoms. The smallest absolute Gasteiger partial charge is 0.272 e. The van der Waals surface area contributed by atoms with Crippen molar-refractivity contribution in [2.45, 2.75) is 26.3 Å². The van der Waals surface area contributed by atoms with Crippen LogP contribution in [0.2, 0.25) is 0 Å². The Hall–Kier alpha value is -2.96. The fraction of sp³-hybridized carbons (Fsp3) is 0.400. The third kappa shape index (κ3) is 3.49. The minimum absolute atomic E-state index is 0.0725. The van der Waals surface area contributed by atoms with E-state index in [4.69, 9.17) is 0 Å². The highest BCUT2D eigenvalue weighted by atomic mass is 16.2. The first kappa shape index (κ1) is 17.5. The van der Waals surface area contributed by atoms with Crippen molar-refractivity contribution >= 4 is 5.91 Å². The van der Waals surface area contributed by atoms with E-state index in [0.29, 0.717) is 11.6 Å². The number of pyridine rings is 1. The zero-order valence-corrected chi connectivity index (χ0v) is 15.7. The molecule has 1 amide bonds. The molecule has 0 atom stereocenters. The van der Waals surface area contributed by atoms with Crippen LogP contribution in [0.25, 0.3) is 11.4 Å². The first-order valence-corrected chi connectivity index (χ1v) is 9.33. The lowest BCUT2D eigenvalue weighted by atomic mass is 9.96. The lowest BCUT2D eigenvalue weighted by Crippen LogP contribution is -2.40. The zero-order chi connectivity index (χ0) is 18.8. The summed E-state index contributed by atoms with van der Waals surface area (Å²) in [6.07, 6.45) is 9.21. The van der Waals surface area contributed by atoms with Gasteiger partial charge in [-0.15, -0.1) is 0 Å². The quantitative estimate of drug-likeness (QED) is 0.713. The lowest BCUT2D eigenvalue weighted by molar-refractivity contribution is 0.0671. The number of imidazole rings is 1. The summed E-state index contributed by atoms with van der Waals surface area (Å²) in [7, 11) is 1.81. The highest BCUT2D eigenvalue weighted by Crippen LogP contribution is 2.25. The number of amides is 1. The van der Waals surface area contributed by atoms with E-state index in [2.05, 4.69) is 26.6 Å². The minimum Gasteiger partial charge on any atom is -0.337 e. The average molecular weight is 364 g/mol. The maximum Gasteiger partial charge on any atom is 0.272 e. The number of hydrogen-bond donors (Lipinski definition) is 0. The molecule has 0 unspecified atom stereocenters. The van der Waals surface area contributed by atoms with Gasteiger partial charge in [0.25, 0.3) is 5.91 Å². The van der Waals surface area contributed by atoms with Crippen LogP contribution in [0.15, 0.2) is 43.0 Å². The first-order valence-electron chi connectivity index (χ1n) is 9.33. The number of carbonyl (C=O) groups is 1. The van der Waals surface area contributed by atoms with Crippen LogP contribution in [0.4, 0.5) is 0 Å². The second-order valence-electron chi connectivity index (χ2n) is 7.15. The molecule has 1 aliphatic heterocycles. The minimum atomic E-state index is 0.0725. The Bertz CT molecular complexity index is 921. The van der Waals surface area contributed by atoms with Crippen LogP contribution in [-0.4, -0.2) is 48.2 Å². The Morgan fingerprint density at radius 1 is 1.19 bits per heavy atom. The molecule has 140 valence electrons. The standard InChI is InChI=1S/C20H24N6O/c1-15-12-22-19(17-4-3-8-21-13-17)26(15)14-16-6-10-25(11-7-16)20(27)18-5-9-23-24(18)2/h3-5,8-9,12-13,16H,6-7,10-11,14H2,1-2H3. The number of hydrogen-bond acceptors (Lipinski definition) is 4. The summed E-state index contributed by atoms with van der Waals surface area (Å²) in [6, 6.07) is 5.76. The van der Waals surface area contributed by atoms with Gasteiger partial charge < -0.3 is 9.47 Å². The zero-order valence-electron chi connectivity index (χ0n) is 15.7. The van der Waals surface area contributed by atoms with Crippen LogP contribution in [0.5, 0.6) is 0 Å². The van der Waals surface area contributed by atoms with Gasteiger partial charge in [-0.2, -0.15) is 5.10 Å². The maximum absolute atomic E-state index is 12.6. The van der Waals surface area contributed by atoms with E-state index in [1.165, 1.54) is 0 Å². The molecule has 3 aromatic heterocycles. The molecule has 0 aromatic carbocycles. The van der Waals surface area contributed by atoms with E-state index < -0.39 is 0 Å². The molecule has 0 saturated carbocycles. The number of rotatable bonds is 4. The molecule has 1 saturated heterocycles. The number of carbonyl (C=O) groups excluding carboxylic acids is 1. The molecule has 0 N–H and O–H groups in total. The van der Waals surface area contributed by atoms with Crippen molar-refractivity contribution < 1.29 is 4.79 Å². The fourth-order valence-electron chi connectivity index (χ4n) is 3.74. The molecule has 4 rings (SSSR count). The van der Waals surface area contributed by atoms with Crippen molar-refractivity contribution in [1.29, 1.82) is 0 Å². The molecule has 7 heteroatoms. The van der Waals surface area contributed by atoms with Gasteiger partial charge in [-0.05, 0) is 43.9 Å². The highest BCUT2D eigenvalue weighted by Gasteiger charge is 2.26. The number of nitrogens with zero attached hydrogens (tertiary/aromatic N) is 6. The van der Waals surface area contributed by atoms with Crippen molar-refractivity contribution in [2.24, 2.45) is 13.0 Å². The van der Waals surface area contributed by atoms with Crippen molar-refractivity contribution in [3.63, 3.8) is 0 Å². The van der Waals surface area contributed by atoms with Gasteiger partial charge in [0.1, 0.15) is 11.5 Å². The van der Waals surface area contributed by atoms with E-state index in [0.717, 1.165) is 49.6 Å². The summed E-state index contributed by atoms with van der Waals surface area (Å²) >= 11 is 0. The van der Waals surface area contributed by atoms with Gasteiger partial charge in [0, 0.05) is 62.7 Å². The summed E-state index contributed by atoms with van der Waals surface area (Å²) in [5, 5.41) is 4.10. The average Bonchev–Trinajstić information content (AvgIpc) is 3.28. The topological polar surface area (TPSA) is 68.8 Å². The van der Waals surface area contributed by atoms with Crippen molar-refractivity contribution in [1.82, 2.24) is 29.2 Å². The van der Waals surface area contributed by atoms with E-state index in [1.807, 2.05) is 36.5 Å². The Kier molecular flexibility index (Phi) is 4.75. The second kappa shape index (κ2) is 7.34. The van der Waals surface area contributed by atoms with Crippen LogP contribution in [0.1, 0.15) is 29.0 Å². The number of aryl methyl sites for hydroxylation is 2. The molecule has 1 aliphatic rings. The fourth-order valence-corrected chi connectivity index (χ4v) is 3.74. The van der Waals surface area contributed by atoms with Crippen molar-refractivity contribution in [2.75, 3.05) is 13.1 Å². The number of piperidine rings is 1. The largest absolute Gasteiger partial charge is 0.337 e. The van der Waals surface area contributed by atoms with E-state index in [9.17, 15) is 4.79 Å². The molecule has 3 aromatic rings. The third-order valence-electron chi connectivity index (χ3n) is 5.36. The van der Waals surface area contributed by atoms with Crippen LogP contribution in [0.3, 0.4) is 0 Å². The molecule has 0 bridgehead atoms. The Labute approximate surface area is 158 Å². The van der Waals surface area contributed by atoms with Crippen molar-refractivity contribution in [3.8, 4) is 11.4 Å². The SMILES string of the molecule is Cc1cnc(-c2cccnc2)n1CC1CCN(C(=O)c2ccnn2C)CC1. The van der Waals surface area contributed by atoms with Gasteiger partial charge in [0.2, 0.25) is 0 Å². The second-order valence-corrected chi connectivity index (χ2v) is 7.15. The van der Waals surface area contributed by atoms with Crippen LogP contribution >= 0.6 is 0 Å². The normalized spacial score (nSPS) is 15.3. The summed E-state index contributed by atoms with van der Waals surface area (Å²) in [4.78, 5) is 23.4. The number of aromatic nitrogens is 5. The number of likely N-dealkylation sites (tertiary alicyclic amines) is 1. The molecule has 4 heterocycles. The van der Waals surface area contributed by atoms with E-state index >= 15 is 0 Å². The Morgan fingerprint density at radius 2 is 2.00 bits per heavy atom. The molecule has 7 nitrogen and oxygen atoms in total. The Balaban J connectivity index is 1.42. The molecular formula is C20H24N6O. The van der Waals surface area contributed by atoms with Crippen LogP contribution in [-0.2, 0) is 13.6 Å². The molecule has 27 heavy (non-hydrogen) atoms. The lowest BCUT2D eigenvalue weighted by Gasteiger charge is -2.32.